The fourth-order valence-electron chi connectivity index (χ4n) is 2.55. The second kappa shape index (κ2) is 7.11. The largest absolute Gasteiger partial charge is 0.356 e. The molecule has 2 aromatic heterocycles. The first-order valence-electron chi connectivity index (χ1n) is 7.96. The molecule has 3 rings (SSSR count). The summed E-state index contributed by atoms with van der Waals surface area (Å²) in [6.45, 7) is 6.07. The quantitative estimate of drug-likeness (QED) is 0.696. The van der Waals surface area contributed by atoms with Crippen LogP contribution in [0, 0.1) is 6.92 Å². The number of nitrogens with one attached hydrogen (secondary N) is 1. The van der Waals surface area contributed by atoms with Crippen molar-refractivity contribution in [3.8, 4) is 11.3 Å². The molecule has 0 aliphatic carbocycles. The zero-order valence-corrected chi connectivity index (χ0v) is 15.9. The number of rotatable bonds is 6. The first kappa shape index (κ1) is 17.8. The summed E-state index contributed by atoms with van der Waals surface area (Å²) in [7, 11) is -3.64. The Morgan fingerprint density at radius 1 is 1.24 bits per heavy atom. The normalized spacial score (nSPS) is 12.0. The lowest BCUT2D eigenvalue weighted by Gasteiger charge is -2.15. The number of sulfonamides is 1. The third-order valence-electron chi connectivity index (χ3n) is 3.85. The van der Waals surface area contributed by atoms with Crippen LogP contribution in [0.15, 0.2) is 51.2 Å². The molecule has 7 heteroatoms. The molecule has 3 aromatic rings. The molecule has 2 heterocycles. The molecular formula is C18H20N2O3S2. The number of hydrogen-bond acceptors (Lipinski definition) is 5. The van der Waals surface area contributed by atoms with E-state index in [4.69, 9.17) is 4.52 Å². The molecule has 132 valence electrons. The van der Waals surface area contributed by atoms with Gasteiger partial charge in [0.25, 0.3) is 0 Å². The van der Waals surface area contributed by atoms with Gasteiger partial charge in [0.15, 0.2) is 5.76 Å². The second-order valence-electron chi connectivity index (χ2n) is 6.14. The molecule has 0 aliphatic rings. The Hall–Kier alpha value is -1.96. The Labute approximate surface area is 151 Å². The fraction of sp³-hybridized carbons (Fsp3) is 0.278. The lowest BCUT2D eigenvalue weighted by atomic mass is 10.0. The zero-order chi connectivity index (χ0) is 18.0. The number of benzene rings is 1. The van der Waals surface area contributed by atoms with Gasteiger partial charge in [-0.05, 0) is 35.9 Å². The lowest BCUT2D eigenvalue weighted by molar-refractivity contribution is 0.427. The maximum absolute atomic E-state index is 12.9. The standard InChI is InChI=1S/C18H20N2O3S2/c1-12(2)16-7-6-14(17-9-13(3)20-23-17)10-18(16)25(21,22)19-11-15-5-4-8-24-15/h4-10,12,19H,11H2,1-3H3. The van der Waals surface area contributed by atoms with Crippen LogP contribution < -0.4 is 4.72 Å². The molecular weight excluding hydrogens is 356 g/mol. The average Bonchev–Trinajstić information content (AvgIpc) is 3.24. The van der Waals surface area contributed by atoms with Crippen molar-refractivity contribution in [1.29, 1.82) is 0 Å². The highest BCUT2D eigenvalue weighted by Gasteiger charge is 2.22. The summed E-state index contributed by atoms with van der Waals surface area (Å²) in [4.78, 5) is 1.25. The molecule has 0 fully saturated rings. The number of thiophene rings is 1. The Morgan fingerprint density at radius 2 is 2.04 bits per heavy atom. The summed E-state index contributed by atoms with van der Waals surface area (Å²) in [6.07, 6.45) is 0. The van der Waals surface area contributed by atoms with Crippen LogP contribution in [-0.2, 0) is 16.6 Å². The predicted octanol–water partition coefficient (Wildman–Crippen LogP) is 4.31. The van der Waals surface area contributed by atoms with E-state index in [1.807, 2.05) is 50.4 Å². The van der Waals surface area contributed by atoms with Gasteiger partial charge in [-0.25, -0.2) is 13.1 Å². The highest BCUT2D eigenvalue weighted by atomic mass is 32.2. The van der Waals surface area contributed by atoms with E-state index >= 15 is 0 Å². The van der Waals surface area contributed by atoms with E-state index in [1.165, 1.54) is 11.3 Å². The Bertz CT molecular complexity index is 958. The van der Waals surface area contributed by atoms with Gasteiger partial charge in [-0.1, -0.05) is 37.2 Å². The molecule has 25 heavy (non-hydrogen) atoms. The molecule has 0 aliphatic heterocycles. The first-order chi connectivity index (χ1) is 11.9. The topological polar surface area (TPSA) is 72.2 Å². The van der Waals surface area contributed by atoms with Gasteiger partial charge in [0.2, 0.25) is 10.0 Å². The predicted molar refractivity (Wildman–Crippen MR) is 99.1 cm³/mol. The summed E-state index contributed by atoms with van der Waals surface area (Å²) in [5, 5.41) is 5.80. The number of hydrogen-bond donors (Lipinski definition) is 1. The molecule has 0 spiro atoms. The number of nitrogens with zero attached hydrogens (tertiary/aromatic N) is 1. The highest BCUT2D eigenvalue weighted by molar-refractivity contribution is 7.89. The second-order valence-corrected chi connectivity index (χ2v) is 8.91. The molecule has 0 unspecified atom stereocenters. The van der Waals surface area contributed by atoms with Gasteiger partial charge in [0.05, 0.1) is 10.6 Å². The molecule has 5 nitrogen and oxygen atoms in total. The summed E-state index contributed by atoms with van der Waals surface area (Å²) in [5.41, 5.74) is 2.23. The third-order valence-corrected chi connectivity index (χ3v) is 6.19. The Balaban J connectivity index is 1.99. The summed E-state index contributed by atoms with van der Waals surface area (Å²) in [5.74, 6) is 0.640. The summed E-state index contributed by atoms with van der Waals surface area (Å²) in [6, 6.07) is 11.0. The van der Waals surface area contributed by atoms with E-state index in [1.54, 1.807) is 12.1 Å². The fourth-order valence-corrected chi connectivity index (χ4v) is 4.69. The van der Waals surface area contributed by atoms with Crippen molar-refractivity contribution in [2.45, 2.75) is 38.1 Å². The lowest BCUT2D eigenvalue weighted by Crippen LogP contribution is -2.24. The van der Waals surface area contributed by atoms with Gasteiger partial charge in [-0.3, -0.25) is 0 Å². The zero-order valence-electron chi connectivity index (χ0n) is 14.3. The van der Waals surface area contributed by atoms with Crippen molar-refractivity contribution in [3.63, 3.8) is 0 Å². The van der Waals surface area contributed by atoms with Crippen LogP contribution in [0.1, 0.15) is 35.9 Å². The molecule has 1 N–H and O–H groups in total. The number of aryl methyl sites for hydroxylation is 1. The molecule has 0 bridgehead atoms. The van der Waals surface area contributed by atoms with Gasteiger partial charge in [-0.15, -0.1) is 11.3 Å². The van der Waals surface area contributed by atoms with Crippen LogP contribution >= 0.6 is 11.3 Å². The van der Waals surface area contributed by atoms with Crippen molar-refractivity contribution in [3.05, 3.63) is 57.9 Å². The van der Waals surface area contributed by atoms with E-state index in [2.05, 4.69) is 9.88 Å². The van der Waals surface area contributed by atoms with E-state index in [0.29, 0.717) is 11.3 Å². The molecule has 0 saturated heterocycles. The van der Waals surface area contributed by atoms with Crippen LogP contribution in [-0.4, -0.2) is 13.6 Å². The molecule has 1 aromatic carbocycles. The van der Waals surface area contributed by atoms with Gasteiger partial charge in [0, 0.05) is 23.1 Å². The summed E-state index contributed by atoms with van der Waals surface area (Å²) >= 11 is 1.52. The Morgan fingerprint density at radius 3 is 2.64 bits per heavy atom. The average molecular weight is 377 g/mol. The van der Waals surface area contributed by atoms with Crippen LogP contribution in [0.4, 0.5) is 0 Å². The van der Waals surface area contributed by atoms with Crippen LogP contribution in [0.2, 0.25) is 0 Å². The van der Waals surface area contributed by atoms with Crippen molar-refractivity contribution in [1.82, 2.24) is 9.88 Å². The van der Waals surface area contributed by atoms with Gasteiger partial charge >= 0.3 is 0 Å². The van der Waals surface area contributed by atoms with Gasteiger partial charge in [0.1, 0.15) is 0 Å². The minimum absolute atomic E-state index is 0.0822. The minimum atomic E-state index is -3.64. The summed E-state index contributed by atoms with van der Waals surface area (Å²) < 4.78 is 33.7. The van der Waals surface area contributed by atoms with Crippen molar-refractivity contribution in [2.75, 3.05) is 0 Å². The minimum Gasteiger partial charge on any atom is -0.356 e. The maximum Gasteiger partial charge on any atom is 0.241 e. The molecule has 0 amide bonds. The highest BCUT2D eigenvalue weighted by Crippen LogP contribution is 2.30. The van der Waals surface area contributed by atoms with Gasteiger partial charge in [-0.2, -0.15) is 0 Å². The molecule has 0 radical (unpaired) electrons. The SMILES string of the molecule is Cc1cc(-c2ccc(C(C)C)c(S(=O)(=O)NCc3cccs3)c2)on1. The number of aromatic nitrogens is 1. The van der Waals surface area contributed by atoms with E-state index in [0.717, 1.165) is 16.1 Å². The van der Waals surface area contributed by atoms with E-state index in [-0.39, 0.29) is 17.4 Å². The van der Waals surface area contributed by atoms with Crippen LogP contribution in [0.5, 0.6) is 0 Å². The molecule has 0 saturated carbocycles. The Kier molecular flexibility index (Phi) is 5.08. The third kappa shape index (κ3) is 4.00. The smallest absolute Gasteiger partial charge is 0.241 e. The van der Waals surface area contributed by atoms with Gasteiger partial charge < -0.3 is 4.52 Å². The van der Waals surface area contributed by atoms with Crippen molar-refractivity contribution < 1.29 is 12.9 Å². The molecule has 0 atom stereocenters. The first-order valence-corrected chi connectivity index (χ1v) is 10.3. The van der Waals surface area contributed by atoms with E-state index < -0.39 is 10.0 Å². The monoisotopic (exact) mass is 376 g/mol. The van der Waals surface area contributed by atoms with Crippen LogP contribution in [0.25, 0.3) is 11.3 Å². The van der Waals surface area contributed by atoms with Crippen molar-refractivity contribution in [2.24, 2.45) is 0 Å². The van der Waals surface area contributed by atoms with Crippen molar-refractivity contribution >= 4 is 21.4 Å². The van der Waals surface area contributed by atoms with E-state index in [9.17, 15) is 8.42 Å². The maximum atomic E-state index is 12.9. The van der Waals surface area contributed by atoms with Crippen LogP contribution in [0.3, 0.4) is 0 Å².